The molecule has 1 nitrogen and oxygen atoms in total. The zero-order valence-corrected chi connectivity index (χ0v) is 35.2. The largest absolute Gasteiger partial charge is 0.310 e. The third kappa shape index (κ3) is 5.45. The SMILES string of the molecule is Cc1cc(N(c2ccc3c(c2)C(C)(C)c2ccccc2-3)c2cc([Si]3(c4ccccc4)c4ccccc4-c4ccccc43)ccc2-c2ccccc2)ccc1-c1ccccc1. The standard InChI is InChI=1S/C58H45NSi/c1-40-37-43(31-34-47(40)41-19-7-4-8-20-41)59(44-32-35-50-49-25-13-16-28-53(49)58(2,3)54(50)38-44)55-39-46(33-36-48(55)42-21-9-5-10-22-42)60(45-23-11-6-12-24-45)56-29-17-14-26-51(56)52-27-15-18-30-57(52)60/h4-39H,1-3H3. The van der Waals surface area contributed by atoms with Gasteiger partial charge in [0.15, 0.2) is 8.07 Å². The summed E-state index contributed by atoms with van der Waals surface area (Å²) >= 11 is 0. The number of benzene rings is 9. The molecular formula is C58H45NSi. The van der Waals surface area contributed by atoms with Crippen molar-refractivity contribution in [3.05, 3.63) is 235 Å². The molecule has 0 aromatic heterocycles. The molecule has 1 aliphatic heterocycles. The molecule has 0 fully saturated rings. The van der Waals surface area contributed by atoms with Crippen molar-refractivity contribution in [3.8, 4) is 44.5 Å². The van der Waals surface area contributed by atoms with Crippen molar-refractivity contribution in [3.63, 3.8) is 0 Å². The summed E-state index contributed by atoms with van der Waals surface area (Å²) < 4.78 is 0. The zero-order chi connectivity index (χ0) is 40.4. The van der Waals surface area contributed by atoms with Crippen LogP contribution >= 0.6 is 0 Å². The summed E-state index contributed by atoms with van der Waals surface area (Å²) in [6, 6.07) is 82.0. The van der Waals surface area contributed by atoms with Crippen molar-refractivity contribution in [2.24, 2.45) is 0 Å². The van der Waals surface area contributed by atoms with E-state index in [2.05, 4.69) is 244 Å². The maximum absolute atomic E-state index is 2.80. The number of fused-ring (bicyclic) bond motifs is 6. The van der Waals surface area contributed by atoms with Gasteiger partial charge in [-0.05, 0) is 114 Å². The Morgan fingerprint density at radius 2 is 0.850 bits per heavy atom. The first-order valence-corrected chi connectivity index (χ1v) is 23.1. The lowest BCUT2D eigenvalue weighted by atomic mass is 9.82. The lowest BCUT2D eigenvalue weighted by Gasteiger charge is -2.34. The summed E-state index contributed by atoms with van der Waals surface area (Å²) in [5, 5.41) is 5.66. The van der Waals surface area contributed by atoms with Crippen LogP contribution in [0.15, 0.2) is 218 Å². The molecule has 0 bridgehead atoms. The molecule has 0 unspecified atom stereocenters. The fraction of sp³-hybridized carbons (Fsp3) is 0.0690. The molecule has 60 heavy (non-hydrogen) atoms. The maximum atomic E-state index is 2.56. The summed E-state index contributed by atoms with van der Waals surface area (Å²) in [6.07, 6.45) is 0. The van der Waals surface area contributed by atoms with E-state index >= 15 is 0 Å². The van der Waals surface area contributed by atoms with Crippen LogP contribution in [0.3, 0.4) is 0 Å². The van der Waals surface area contributed by atoms with Gasteiger partial charge in [0, 0.05) is 22.4 Å². The second kappa shape index (κ2) is 14.1. The summed E-state index contributed by atoms with van der Waals surface area (Å²) in [6.45, 7) is 7.01. The summed E-state index contributed by atoms with van der Waals surface area (Å²) in [5.74, 6) is 0. The first-order chi connectivity index (χ1) is 29.4. The molecule has 1 aliphatic carbocycles. The fourth-order valence-corrected chi connectivity index (χ4v) is 15.7. The Morgan fingerprint density at radius 3 is 1.48 bits per heavy atom. The Balaban J connectivity index is 1.22. The summed E-state index contributed by atoms with van der Waals surface area (Å²) in [4.78, 5) is 2.55. The minimum atomic E-state index is -2.80. The number of rotatable bonds is 7. The number of aryl methyl sites for hydroxylation is 1. The number of hydrogen-bond acceptors (Lipinski definition) is 1. The van der Waals surface area contributed by atoms with Crippen molar-refractivity contribution >= 4 is 45.9 Å². The van der Waals surface area contributed by atoms with Gasteiger partial charge in [0.1, 0.15) is 0 Å². The maximum Gasteiger partial charge on any atom is 0.180 e. The Bertz CT molecular complexity index is 3030. The molecule has 1 heterocycles. The molecule has 9 aromatic rings. The van der Waals surface area contributed by atoms with Crippen molar-refractivity contribution in [2.45, 2.75) is 26.2 Å². The summed E-state index contributed by atoms with van der Waals surface area (Å²) in [5.41, 5.74) is 17.5. The molecule has 286 valence electrons. The van der Waals surface area contributed by atoms with E-state index in [-0.39, 0.29) is 5.41 Å². The number of hydrogen-bond donors (Lipinski definition) is 0. The van der Waals surface area contributed by atoms with Gasteiger partial charge in [-0.15, -0.1) is 0 Å². The predicted octanol–water partition coefficient (Wildman–Crippen LogP) is 12.5. The van der Waals surface area contributed by atoms with Crippen LogP contribution in [0, 0.1) is 6.92 Å². The van der Waals surface area contributed by atoms with E-state index in [9.17, 15) is 0 Å². The Hall–Kier alpha value is -7.00. The lowest BCUT2D eigenvalue weighted by Crippen LogP contribution is -2.72. The molecule has 0 amide bonds. The van der Waals surface area contributed by atoms with Crippen LogP contribution in [0.25, 0.3) is 44.5 Å². The normalized spacial score (nSPS) is 13.8. The second-order valence-electron chi connectivity index (χ2n) is 16.9. The fourth-order valence-electron chi connectivity index (χ4n) is 10.5. The van der Waals surface area contributed by atoms with Gasteiger partial charge in [0.05, 0.1) is 5.69 Å². The molecule has 2 aliphatic rings. The highest BCUT2D eigenvalue weighted by atomic mass is 28.3. The van der Waals surface area contributed by atoms with E-state index in [1.54, 1.807) is 0 Å². The summed E-state index contributed by atoms with van der Waals surface area (Å²) in [7, 11) is -2.80. The average Bonchev–Trinajstić information content (AvgIpc) is 3.73. The van der Waals surface area contributed by atoms with E-state index in [1.807, 2.05) is 0 Å². The highest BCUT2D eigenvalue weighted by Crippen LogP contribution is 2.51. The van der Waals surface area contributed by atoms with Gasteiger partial charge >= 0.3 is 0 Å². The van der Waals surface area contributed by atoms with Crippen LogP contribution < -0.4 is 25.6 Å². The predicted molar refractivity (Wildman–Crippen MR) is 257 cm³/mol. The molecular weight excluding hydrogens is 739 g/mol. The van der Waals surface area contributed by atoms with Gasteiger partial charge in [-0.1, -0.05) is 202 Å². The average molecular weight is 784 g/mol. The van der Waals surface area contributed by atoms with E-state index in [4.69, 9.17) is 0 Å². The molecule has 9 aromatic carbocycles. The number of anilines is 3. The highest BCUT2D eigenvalue weighted by Gasteiger charge is 2.49. The van der Waals surface area contributed by atoms with Gasteiger partial charge in [-0.3, -0.25) is 0 Å². The van der Waals surface area contributed by atoms with Crippen LogP contribution in [0.2, 0.25) is 0 Å². The van der Waals surface area contributed by atoms with Crippen molar-refractivity contribution < 1.29 is 0 Å². The Morgan fingerprint density at radius 1 is 0.367 bits per heavy atom. The monoisotopic (exact) mass is 783 g/mol. The van der Waals surface area contributed by atoms with Crippen LogP contribution in [-0.4, -0.2) is 8.07 Å². The first kappa shape index (κ1) is 36.1. The van der Waals surface area contributed by atoms with Gasteiger partial charge in [-0.25, -0.2) is 0 Å². The molecule has 0 spiro atoms. The van der Waals surface area contributed by atoms with E-state index in [0.717, 1.165) is 11.4 Å². The molecule has 11 rings (SSSR count). The highest BCUT2D eigenvalue weighted by molar-refractivity contribution is 7.22. The quantitative estimate of drug-likeness (QED) is 0.146. The zero-order valence-electron chi connectivity index (χ0n) is 34.2. The van der Waals surface area contributed by atoms with Crippen LogP contribution in [0.5, 0.6) is 0 Å². The minimum Gasteiger partial charge on any atom is -0.310 e. The molecule has 0 atom stereocenters. The van der Waals surface area contributed by atoms with Gasteiger partial charge in [0.2, 0.25) is 0 Å². The van der Waals surface area contributed by atoms with E-state index < -0.39 is 8.07 Å². The van der Waals surface area contributed by atoms with Gasteiger partial charge < -0.3 is 4.90 Å². The molecule has 0 N–H and O–H groups in total. The van der Waals surface area contributed by atoms with Gasteiger partial charge in [0.25, 0.3) is 0 Å². The van der Waals surface area contributed by atoms with Crippen LogP contribution in [0.1, 0.15) is 30.5 Å². The third-order valence-corrected chi connectivity index (χ3v) is 18.2. The smallest absolute Gasteiger partial charge is 0.180 e. The van der Waals surface area contributed by atoms with Crippen molar-refractivity contribution in [2.75, 3.05) is 4.90 Å². The van der Waals surface area contributed by atoms with Gasteiger partial charge in [-0.2, -0.15) is 0 Å². The second-order valence-corrected chi connectivity index (χ2v) is 20.6. The molecule has 0 saturated carbocycles. The third-order valence-electron chi connectivity index (χ3n) is 13.3. The van der Waals surface area contributed by atoms with Crippen molar-refractivity contribution in [1.29, 1.82) is 0 Å². The molecule has 0 saturated heterocycles. The topological polar surface area (TPSA) is 3.24 Å². The van der Waals surface area contributed by atoms with Crippen LogP contribution in [-0.2, 0) is 5.41 Å². The molecule has 0 radical (unpaired) electrons. The Labute approximate surface area is 354 Å². The van der Waals surface area contributed by atoms with Crippen molar-refractivity contribution in [1.82, 2.24) is 0 Å². The number of nitrogens with zero attached hydrogens (tertiary/aromatic N) is 1. The lowest BCUT2D eigenvalue weighted by molar-refractivity contribution is 0.660. The van der Waals surface area contributed by atoms with E-state index in [1.165, 1.54) is 87.6 Å². The Kier molecular flexibility index (Phi) is 8.47. The van der Waals surface area contributed by atoms with E-state index in [0.29, 0.717) is 0 Å². The van der Waals surface area contributed by atoms with Crippen LogP contribution in [0.4, 0.5) is 17.1 Å². The minimum absolute atomic E-state index is 0.146. The molecule has 2 heteroatoms. The first-order valence-electron chi connectivity index (χ1n) is 21.1.